The zero-order valence-electron chi connectivity index (χ0n) is 10.9. The molecule has 112 valence electrons. The zero-order valence-corrected chi connectivity index (χ0v) is 12.4. The molecule has 3 N–H and O–H groups in total. The van der Waals surface area contributed by atoms with E-state index in [1.807, 2.05) is 0 Å². The lowest BCUT2D eigenvalue weighted by molar-refractivity contribution is 0.146. The van der Waals surface area contributed by atoms with Crippen LogP contribution in [0, 0.1) is 11.6 Å². The van der Waals surface area contributed by atoms with Crippen molar-refractivity contribution in [1.82, 2.24) is 0 Å². The Morgan fingerprint density at radius 1 is 0.952 bits per heavy atom. The van der Waals surface area contributed by atoms with Crippen molar-refractivity contribution in [1.29, 1.82) is 0 Å². The lowest BCUT2D eigenvalue weighted by Gasteiger charge is -2.23. The maximum absolute atomic E-state index is 13.3. The van der Waals surface area contributed by atoms with Crippen molar-refractivity contribution in [3.8, 4) is 0 Å². The Balaban J connectivity index is 2.37. The van der Waals surface area contributed by atoms with Crippen LogP contribution in [0.3, 0.4) is 0 Å². The van der Waals surface area contributed by atoms with Crippen LogP contribution in [0.2, 0.25) is 10.0 Å². The van der Waals surface area contributed by atoms with E-state index < -0.39 is 23.7 Å². The predicted octanol–water partition coefficient (Wildman–Crippen LogP) is 4.05. The molecule has 2 aromatic rings. The van der Waals surface area contributed by atoms with Gasteiger partial charge in [0.05, 0.1) is 16.1 Å². The SMILES string of the molecule is NCC(c1ccc(Cl)c(Cl)c1)C(O)c1cc(F)cc(F)c1. The summed E-state index contributed by atoms with van der Waals surface area (Å²) in [7, 11) is 0. The molecule has 2 atom stereocenters. The molecule has 0 aliphatic heterocycles. The number of aliphatic hydroxyl groups excluding tert-OH is 1. The summed E-state index contributed by atoms with van der Waals surface area (Å²) in [6, 6.07) is 7.74. The lowest BCUT2D eigenvalue weighted by atomic mass is 9.89. The third-order valence-electron chi connectivity index (χ3n) is 3.23. The van der Waals surface area contributed by atoms with Gasteiger partial charge in [-0.05, 0) is 35.4 Å². The van der Waals surface area contributed by atoms with E-state index in [4.69, 9.17) is 28.9 Å². The fraction of sp³-hybridized carbons (Fsp3) is 0.200. The Labute approximate surface area is 131 Å². The minimum absolute atomic E-state index is 0.0806. The minimum Gasteiger partial charge on any atom is -0.388 e. The first-order chi connectivity index (χ1) is 9.92. The van der Waals surface area contributed by atoms with Crippen LogP contribution in [-0.2, 0) is 0 Å². The summed E-state index contributed by atoms with van der Waals surface area (Å²) in [5.74, 6) is -2.07. The summed E-state index contributed by atoms with van der Waals surface area (Å²) in [6.45, 7) is 0.0806. The van der Waals surface area contributed by atoms with Crippen LogP contribution in [0.5, 0.6) is 0 Å². The van der Waals surface area contributed by atoms with Crippen LogP contribution in [0.4, 0.5) is 8.78 Å². The molecule has 2 rings (SSSR count). The first-order valence-electron chi connectivity index (χ1n) is 6.21. The van der Waals surface area contributed by atoms with Gasteiger partial charge in [-0.2, -0.15) is 0 Å². The first-order valence-corrected chi connectivity index (χ1v) is 6.97. The van der Waals surface area contributed by atoms with Gasteiger partial charge in [0, 0.05) is 18.5 Å². The van der Waals surface area contributed by atoms with Crippen LogP contribution < -0.4 is 5.73 Å². The largest absolute Gasteiger partial charge is 0.388 e. The van der Waals surface area contributed by atoms with E-state index in [9.17, 15) is 13.9 Å². The number of benzene rings is 2. The van der Waals surface area contributed by atoms with E-state index in [-0.39, 0.29) is 12.1 Å². The number of hydrogen-bond donors (Lipinski definition) is 2. The van der Waals surface area contributed by atoms with Crippen LogP contribution in [0.15, 0.2) is 36.4 Å². The summed E-state index contributed by atoms with van der Waals surface area (Å²) in [5.41, 5.74) is 6.45. The van der Waals surface area contributed by atoms with Gasteiger partial charge in [0.25, 0.3) is 0 Å². The molecule has 6 heteroatoms. The molecule has 21 heavy (non-hydrogen) atoms. The van der Waals surface area contributed by atoms with E-state index in [2.05, 4.69) is 0 Å². The molecular formula is C15H13Cl2F2NO. The van der Waals surface area contributed by atoms with Gasteiger partial charge in [-0.1, -0.05) is 29.3 Å². The molecule has 0 aliphatic carbocycles. The molecule has 0 fully saturated rings. The summed E-state index contributed by atoms with van der Waals surface area (Å²) >= 11 is 11.8. The van der Waals surface area contributed by atoms with E-state index in [1.165, 1.54) is 0 Å². The van der Waals surface area contributed by atoms with E-state index in [0.29, 0.717) is 15.6 Å². The molecule has 0 radical (unpaired) electrons. The Morgan fingerprint density at radius 3 is 2.10 bits per heavy atom. The molecule has 0 saturated carbocycles. The molecule has 0 bridgehead atoms. The quantitative estimate of drug-likeness (QED) is 0.887. The monoisotopic (exact) mass is 331 g/mol. The Bertz CT molecular complexity index is 631. The molecular weight excluding hydrogens is 319 g/mol. The number of rotatable bonds is 4. The fourth-order valence-electron chi connectivity index (χ4n) is 2.17. The highest BCUT2D eigenvalue weighted by Gasteiger charge is 2.23. The molecule has 0 aliphatic rings. The van der Waals surface area contributed by atoms with Crippen LogP contribution >= 0.6 is 23.2 Å². The highest BCUT2D eigenvalue weighted by molar-refractivity contribution is 6.42. The minimum atomic E-state index is -1.16. The van der Waals surface area contributed by atoms with E-state index in [0.717, 1.165) is 18.2 Å². The van der Waals surface area contributed by atoms with Crippen molar-refractivity contribution >= 4 is 23.2 Å². The molecule has 0 aromatic heterocycles. The van der Waals surface area contributed by atoms with Gasteiger partial charge in [-0.15, -0.1) is 0 Å². The second-order valence-corrected chi connectivity index (χ2v) is 5.48. The second kappa shape index (κ2) is 6.71. The topological polar surface area (TPSA) is 46.2 Å². The van der Waals surface area contributed by atoms with Gasteiger partial charge in [-0.3, -0.25) is 0 Å². The lowest BCUT2D eigenvalue weighted by Crippen LogP contribution is -2.20. The molecule has 2 nitrogen and oxygen atoms in total. The highest BCUT2D eigenvalue weighted by Crippen LogP contribution is 2.34. The highest BCUT2D eigenvalue weighted by atomic mass is 35.5. The Morgan fingerprint density at radius 2 is 1.57 bits per heavy atom. The molecule has 0 spiro atoms. The Hall–Kier alpha value is -1.20. The van der Waals surface area contributed by atoms with E-state index >= 15 is 0 Å². The average molecular weight is 332 g/mol. The van der Waals surface area contributed by atoms with Gasteiger partial charge < -0.3 is 10.8 Å². The third-order valence-corrected chi connectivity index (χ3v) is 3.97. The summed E-state index contributed by atoms with van der Waals surface area (Å²) in [6.07, 6.45) is -1.16. The van der Waals surface area contributed by atoms with Gasteiger partial charge in [-0.25, -0.2) is 8.78 Å². The van der Waals surface area contributed by atoms with Crippen LogP contribution in [0.25, 0.3) is 0 Å². The molecule has 0 saturated heterocycles. The van der Waals surface area contributed by atoms with Gasteiger partial charge in [0.2, 0.25) is 0 Å². The summed E-state index contributed by atoms with van der Waals surface area (Å²) in [4.78, 5) is 0. The first kappa shape index (κ1) is 16.2. The predicted molar refractivity (Wildman–Crippen MR) is 79.6 cm³/mol. The van der Waals surface area contributed by atoms with Crippen LogP contribution in [-0.4, -0.2) is 11.7 Å². The summed E-state index contributed by atoms with van der Waals surface area (Å²) in [5, 5.41) is 11.1. The van der Waals surface area contributed by atoms with Crippen molar-refractivity contribution in [2.75, 3.05) is 6.54 Å². The Kier molecular flexibility index (Phi) is 5.17. The summed E-state index contributed by atoms with van der Waals surface area (Å²) < 4.78 is 26.5. The normalized spacial score (nSPS) is 14.0. The van der Waals surface area contributed by atoms with Crippen molar-refractivity contribution in [3.05, 3.63) is 69.2 Å². The van der Waals surface area contributed by atoms with Crippen molar-refractivity contribution in [3.63, 3.8) is 0 Å². The van der Waals surface area contributed by atoms with Gasteiger partial charge in [0.1, 0.15) is 11.6 Å². The van der Waals surface area contributed by atoms with Crippen molar-refractivity contribution < 1.29 is 13.9 Å². The number of nitrogens with two attached hydrogens (primary N) is 1. The maximum Gasteiger partial charge on any atom is 0.126 e. The van der Waals surface area contributed by atoms with Crippen molar-refractivity contribution in [2.24, 2.45) is 5.73 Å². The molecule has 0 amide bonds. The van der Waals surface area contributed by atoms with E-state index in [1.54, 1.807) is 18.2 Å². The second-order valence-electron chi connectivity index (χ2n) is 4.66. The third kappa shape index (κ3) is 3.71. The van der Waals surface area contributed by atoms with Gasteiger partial charge >= 0.3 is 0 Å². The smallest absolute Gasteiger partial charge is 0.126 e. The van der Waals surface area contributed by atoms with Gasteiger partial charge in [0.15, 0.2) is 0 Å². The zero-order chi connectivity index (χ0) is 15.6. The number of hydrogen-bond acceptors (Lipinski definition) is 2. The fourth-order valence-corrected chi connectivity index (χ4v) is 2.48. The standard InChI is InChI=1S/C15H13Cl2F2NO/c16-13-2-1-8(5-14(13)17)12(7-20)15(21)9-3-10(18)6-11(19)4-9/h1-6,12,15,21H,7,20H2. The number of aliphatic hydroxyl groups is 1. The average Bonchev–Trinajstić information content (AvgIpc) is 2.42. The maximum atomic E-state index is 13.3. The van der Waals surface area contributed by atoms with Crippen LogP contribution in [0.1, 0.15) is 23.1 Å². The molecule has 0 heterocycles. The van der Waals surface area contributed by atoms with Crippen molar-refractivity contribution in [2.45, 2.75) is 12.0 Å². The molecule has 2 unspecified atom stereocenters. The number of halogens is 4. The molecule has 2 aromatic carbocycles.